The van der Waals surface area contributed by atoms with Crippen LogP contribution in [-0.2, 0) is 4.74 Å². The van der Waals surface area contributed by atoms with E-state index in [1.807, 2.05) is 36.5 Å². The van der Waals surface area contributed by atoms with Crippen LogP contribution < -0.4 is 0 Å². The maximum Gasteiger partial charge on any atom is 0.144 e. The minimum Gasteiger partial charge on any atom is -0.455 e. The predicted octanol–water partition coefficient (Wildman–Crippen LogP) is 7.96. The van der Waals surface area contributed by atoms with Crippen LogP contribution in [0.4, 0.5) is 4.39 Å². The fourth-order valence-corrected chi connectivity index (χ4v) is 5.11. The van der Waals surface area contributed by atoms with Crippen LogP contribution in [0.2, 0.25) is 0 Å². The number of para-hydroxylation sites is 1. The van der Waals surface area contributed by atoms with Crippen molar-refractivity contribution in [2.45, 2.75) is 38.5 Å². The van der Waals surface area contributed by atoms with E-state index in [0.717, 1.165) is 62.4 Å². The quantitative estimate of drug-likeness (QED) is 0.286. The van der Waals surface area contributed by atoms with Crippen molar-refractivity contribution in [1.82, 2.24) is 4.98 Å². The largest absolute Gasteiger partial charge is 0.455 e. The Bertz CT molecular complexity index is 1490. The number of fused-ring (bicyclic) bond motifs is 4. The Kier molecular flexibility index (Phi) is 4.92. The highest BCUT2D eigenvalue weighted by molar-refractivity contribution is 6.11. The Labute approximate surface area is 192 Å². The first-order valence-electron chi connectivity index (χ1n) is 11.7. The smallest absolute Gasteiger partial charge is 0.144 e. The second kappa shape index (κ2) is 7.96. The van der Waals surface area contributed by atoms with Gasteiger partial charge in [-0.1, -0.05) is 32.0 Å². The van der Waals surface area contributed by atoms with Crippen molar-refractivity contribution in [3.05, 3.63) is 77.7 Å². The molecule has 0 N–H and O–H groups in total. The third-order valence-corrected chi connectivity index (χ3v) is 6.97. The van der Waals surface area contributed by atoms with Crippen molar-refractivity contribution in [3.63, 3.8) is 0 Å². The fourth-order valence-electron chi connectivity index (χ4n) is 5.11. The van der Waals surface area contributed by atoms with E-state index in [9.17, 15) is 0 Å². The Morgan fingerprint density at radius 2 is 1.76 bits per heavy atom. The number of rotatable bonds is 3. The van der Waals surface area contributed by atoms with Gasteiger partial charge in [-0.2, -0.15) is 0 Å². The molecule has 6 rings (SSSR count). The van der Waals surface area contributed by atoms with Gasteiger partial charge in [-0.15, -0.1) is 0 Å². The molecule has 4 heteroatoms. The van der Waals surface area contributed by atoms with Crippen molar-refractivity contribution in [3.8, 4) is 11.3 Å². The van der Waals surface area contributed by atoms with Gasteiger partial charge in [0, 0.05) is 41.1 Å². The van der Waals surface area contributed by atoms with Crippen LogP contribution in [0.5, 0.6) is 0 Å². The molecular weight excluding hydrogens is 413 g/mol. The summed E-state index contributed by atoms with van der Waals surface area (Å²) in [5, 5.41) is 3.98. The van der Waals surface area contributed by atoms with Gasteiger partial charge in [-0.25, -0.2) is 4.39 Å². The average Bonchev–Trinajstić information content (AvgIpc) is 3.22. The molecule has 0 radical (unpaired) electrons. The van der Waals surface area contributed by atoms with Gasteiger partial charge in [-0.3, -0.25) is 4.98 Å². The van der Waals surface area contributed by atoms with E-state index in [1.165, 1.54) is 5.56 Å². The van der Waals surface area contributed by atoms with Gasteiger partial charge >= 0.3 is 0 Å². The van der Waals surface area contributed by atoms with E-state index in [-0.39, 0.29) is 11.7 Å². The monoisotopic (exact) mass is 439 g/mol. The number of hydrogen-bond donors (Lipinski definition) is 0. The zero-order valence-corrected chi connectivity index (χ0v) is 18.9. The summed E-state index contributed by atoms with van der Waals surface area (Å²) in [5.74, 6) is 0.379. The number of ether oxygens (including phenoxy) is 1. The summed E-state index contributed by atoms with van der Waals surface area (Å²) in [7, 11) is 0. The van der Waals surface area contributed by atoms with Crippen LogP contribution in [0.1, 0.15) is 49.7 Å². The van der Waals surface area contributed by atoms with Crippen molar-refractivity contribution < 1.29 is 13.5 Å². The van der Waals surface area contributed by atoms with Crippen LogP contribution in [0, 0.1) is 5.82 Å². The standard InChI is InChI=1S/C29H26FNO2/c1-17(2)20-14-24-21-5-3-4-6-27(21)33-29(24)25(15-20)28-23-16-26(30)22(13-19(23)7-10-31-28)18-8-11-32-12-9-18/h3-7,10,13-18H,8-9,11-12H2,1-2H3. The Morgan fingerprint density at radius 3 is 2.58 bits per heavy atom. The SMILES string of the molecule is CC(C)c1cc(-c2nccc3cc(C4CCOCC4)c(F)cc23)c2oc3ccccc3c2c1. The lowest BCUT2D eigenvalue weighted by atomic mass is 9.89. The summed E-state index contributed by atoms with van der Waals surface area (Å²) in [6.07, 6.45) is 3.53. The number of pyridine rings is 1. The first kappa shape index (κ1) is 20.4. The molecule has 0 atom stereocenters. The van der Waals surface area contributed by atoms with Crippen molar-refractivity contribution in [1.29, 1.82) is 0 Å². The molecule has 0 bridgehead atoms. The van der Waals surface area contributed by atoms with Gasteiger partial charge in [-0.05, 0) is 77.6 Å². The van der Waals surface area contributed by atoms with Crippen molar-refractivity contribution in [2.75, 3.05) is 13.2 Å². The Morgan fingerprint density at radius 1 is 0.939 bits per heavy atom. The second-order valence-electron chi connectivity index (χ2n) is 9.34. The van der Waals surface area contributed by atoms with E-state index in [0.29, 0.717) is 19.1 Å². The van der Waals surface area contributed by atoms with Gasteiger partial charge in [0.2, 0.25) is 0 Å². The van der Waals surface area contributed by atoms with Crippen LogP contribution in [0.15, 0.2) is 65.2 Å². The van der Waals surface area contributed by atoms with Crippen molar-refractivity contribution >= 4 is 32.7 Å². The normalized spacial score (nSPS) is 15.3. The van der Waals surface area contributed by atoms with E-state index < -0.39 is 0 Å². The Balaban J connectivity index is 1.61. The summed E-state index contributed by atoms with van der Waals surface area (Å²) < 4.78 is 27.2. The molecule has 0 aliphatic carbocycles. The number of furan rings is 1. The van der Waals surface area contributed by atoms with Crippen LogP contribution >= 0.6 is 0 Å². The summed E-state index contributed by atoms with van der Waals surface area (Å²) in [6.45, 7) is 5.75. The first-order valence-corrected chi connectivity index (χ1v) is 11.7. The number of benzene rings is 3. The van der Waals surface area contributed by atoms with E-state index in [4.69, 9.17) is 14.1 Å². The van der Waals surface area contributed by atoms with Gasteiger partial charge in [0.15, 0.2) is 0 Å². The molecule has 0 amide bonds. The summed E-state index contributed by atoms with van der Waals surface area (Å²) >= 11 is 0. The Hall–Kier alpha value is -3.24. The summed E-state index contributed by atoms with van der Waals surface area (Å²) in [5.41, 5.74) is 5.32. The zero-order chi connectivity index (χ0) is 22.5. The summed E-state index contributed by atoms with van der Waals surface area (Å²) in [6, 6.07) is 18.1. The fraction of sp³-hybridized carbons (Fsp3) is 0.276. The molecule has 5 aromatic rings. The number of aromatic nitrogens is 1. The lowest BCUT2D eigenvalue weighted by molar-refractivity contribution is 0.0846. The van der Waals surface area contributed by atoms with Gasteiger partial charge in [0.1, 0.15) is 17.0 Å². The molecule has 0 spiro atoms. The number of hydrogen-bond acceptors (Lipinski definition) is 3. The molecule has 2 aromatic heterocycles. The zero-order valence-electron chi connectivity index (χ0n) is 18.9. The molecule has 1 aliphatic rings. The molecule has 3 heterocycles. The molecule has 1 fully saturated rings. The number of halogens is 1. The molecule has 3 nitrogen and oxygen atoms in total. The topological polar surface area (TPSA) is 35.3 Å². The number of nitrogens with zero attached hydrogens (tertiary/aromatic N) is 1. The predicted molar refractivity (Wildman–Crippen MR) is 131 cm³/mol. The van der Waals surface area contributed by atoms with Crippen LogP contribution in [0.25, 0.3) is 44.0 Å². The molecule has 0 saturated carbocycles. The first-order chi connectivity index (χ1) is 16.1. The highest BCUT2D eigenvalue weighted by Crippen LogP contribution is 2.41. The molecular formula is C29H26FNO2. The maximum atomic E-state index is 15.4. The highest BCUT2D eigenvalue weighted by atomic mass is 19.1. The second-order valence-corrected chi connectivity index (χ2v) is 9.34. The van der Waals surface area contributed by atoms with E-state index in [1.54, 1.807) is 6.07 Å². The third-order valence-electron chi connectivity index (χ3n) is 6.97. The minimum absolute atomic E-state index is 0.162. The van der Waals surface area contributed by atoms with E-state index >= 15 is 4.39 Å². The molecule has 166 valence electrons. The van der Waals surface area contributed by atoms with E-state index in [2.05, 4.69) is 32.0 Å². The van der Waals surface area contributed by atoms with Crippen molar-refractivity contribution in [2.24, 2.45) is 0 Å². The molecule has 1 saturated heterocycles. The minimum atomic E-state index is -0.162. The van der Waals surface area contributed by atoms with Crippen LogP contribution in [-0.4, -0.2) is 18.2 Å². The van der Waals surface area contributed by atoms with Crippen LogP contribution in [0.3, 0.4) is 0 Å². The molecule has 3 aromatic carbocycles. The molecule has 0 unspecified atom stereocenters. The summed E-state index contributed by atoms with van der Waals surface area (Å²) in [4.78, 5) is 4.73. The maximum absolute atomic E-state index is 15.4. The lowest BCUT2D eigenvalue weighted by Gasteiger charge is -2.23. The lowest BCUT2D eigenvalue weighted by Crippen LogP contribution is -2.15. The van der Waals surface area contributed by atoms with Gasteiger partial charge < -0.3 is 9.15 Å². The molecule has 33 heavy (non-hydrogen) atoms. The highest BCUT2D eigenvalue weighted by Gasteiger charge is 2.22. The molecule has 1 aliphatic heterocycles. The van der Waals surface area contributed by atoms with Gasteiger partial charge in [0.25, 0.3) is 0 Å². The average molecular weight is 440 g/mol. The van der Waals surface area contributed by atoms with Gasteiger partial charge in [0.05, 0.1) is 5.69 Å². The third kappa shape index (κ3) is 3.41.